The third-order valence-electron chi connectivity index (χ3n) is 3.74. The van der Waals surface area contributed by atoms with Crippen molar-refractivity contribution in [1.82, 2.24) is 0 Å². The van der Waals surface area contributed by atoms with Crippen LogP contribution in [0.25, 0.3) is 0 Å². The van der Waals surface area contributed by atoms with Gasteiger partial charge < -0.3 is 0 Å². The van der Waals surface area contributed by atoms with Crippen LogP contribution in [0.15, 0.2) is 18.2 Å². The van der Waals surface area contributed by atoms with Gasteiger partial charge in [0, 0.05) is 17.4 Å². The summed E-state index contributed by atoms with van der Waals surface area (Å²) in [5, 5.41) is 0. The largest absolute Gasteiger partial charge is 0.295 e. The van der Waals surface area contributed by atoms with Gasteiger partial charge in [0.25, 0.3) is 0 Å². The van der Waals surface area contributed by atoms with Crippen molar-refractivity contribution in [3.63, 3.8) is 0 Å². The van der Waals surface area contributed by atoms with Gasteiger partial charge in [-0.25, -0.2) is 4.79 Å². The first-order chi connectivity index (χ1) is 9.15. The van der Waals surface area contributed by atoms with Crippen LogP contribution in [0.3, 0.4) is 0 Å². The zero-order valence-electron chi connectivity index (χ0n) is 12.7. The second-order valence-corrected chi connectivity index (χ2v) is 5.10. The predicted molar refractivity (Wildman–Crippen MR) is 80.7 cm³/mol. The average Bonchev–Trinajstić information content (AvgIpc) is 2.45. The van der Waals surface area contributed by atoms with Crippen LogP contribution in [0, 0.1) is 11.8 Å². The first-order valence-electron chi connectivity index (χ1n) is 7.56. The fraction of sp³-hybridized carbons (Fsp3) is 0.706. The standard InChI is InChI=1S/C17H28O2/c1-5-9-11-14(13-18)15(7-3)16(12-10-6-2)17(19)8-4/h8,15-16H,4-7,9-12H2,1-3H3. The van der Waals surface area contributed by atoms with Crippen molar-refractivity contribution < 1.29 is 9.59 Å². The Balaban J connectivity index is 5.03. The van der Waals surface area contributed by atoms with Crippen molar-refractivity contribution in [3.05, 3.63) is 18.2 Å². The molecule has 108 valence electrons. The Hall–Kier alpha value is -1.14. The molecular formula is C17H28O2. The monoisotopic (exact) mass is 264 g/mol. The quantitative estimate of drug-likeness (QED) is 0.406. The van der Waals surface area contributed by atoms with Gasteiger partial charge in [-0.15, -0.1) is 0 Å². The van der Waals surface area contributed by atoms with Gasteiger partial charge >= 0.3 is 0 Å². The fourth-order valence-electron chi connectivity index (χ4n) is 2.57. The minimum absolute atomic E-state index is 0.0427. The van der Waals surface area contributed by atoms with Crippen molar-refractivity contribution in [2.45, 2.75) is 65.7 Å². The van der Waals surface area contributed by atoms with Gasteiger partial charge in [0.1, 0.15) is 5.94 Å². The number of carbonyl (C=O) groups is 1. The van der Waals surface area contributed by atoms with E-state index in [9.17, 15) is 9.59 Å². The molecule has 2 nitrogen and oxygen atoms in total. The van der Waals surface area contributed by atoms with Crippen LogP contribution in [-0.2, 0) is 9.59 Å². The molecule has 0 radical (unpaired) electrons. The molecule has 0 aliphatic heterocycles. The highest BCUT2D eigenvalue weighted by Gasteiger charge is 2.28. The maximum atomic E-state index is 12.1. The molecule has 0 spiro atoms. The number of ketones is 1. The molecule has 0 heterocycles. The number of hydrogen-bond donors (Lipinski definition) is 0. The van der Waals surface area contributed by atoms with Crippen molar-refractivity contribution in [2.75, 3.05) is 0 Å². The SMILES string of the molecule is C=CC(=O)C(CCCC)C(CC)C(=C=O)CCCC. The molecule has 2 atom stereocenters. The van der Waals surface area contributed by atoms with Gasteiger partial charge in [-0.2, -0.15) is 0 Å². The number of rotatable bonds is 11. The second kappa shape index (κ2) is 10.8. The van der Waals surface area contributed by atoms with Gasteiger partial charge in [0.15, 0.2) is 5.78 Å². The molecule has 0 amide bonds. The smallest absolute Gasteiger partial charge is 0.158 e. The fourth-order valence-corrected chi connectivity index (χ4v) is 2.57. The van der Waals surface area contributed by atoms with Gasteiger partial charge in [-0.3, -0.25) is 4.79 Å². The van der Waals surface area contributed by atoms with E-state index in [0.29, 0.717) is 0 Å². The van der Waals surface area contributed by atoms with E-state index >= 15 is 0 Å². The molecule has 19 heavy (non-hydrogen) atoms. The first kappa shape index (κ1) is 17.9. The van der Waals surface area contributed by atoms with Crippen molar-refractivity contribution in [2.24, 2.45) is 11.8 Å². The molecule has 0 saturated carbocycles. The lowest BCUT2D eigenvalue weighted by atomic mass is 9.77. The van der Waals surface area contributed by atoms with Crippen molar-refractivity contribution in [3.8, 4) is 0 Å². The summed E-state index contributed by atoms with van der Waals surface area (Å²) in [6, 6.07) is 0. The summed E-state index contributed by atoms with van der Waals surface area (Å²) in [4.78, 5) is 23.3. The summed E-state index contributed by atoms with van der Waals surface area (Å²) in [5.41, 5.74) is 0.792. The minimum Gasteiger partial charge on any atom is -0.295 e. The highest BCUT2D eigenvalue weighted by atomic mass is 16.1. The maximum absolute atomic E-state index is 12.1. The number of hydrogen-bond acceptors (Lipinski definition) is 2. The molecule has 0 aromatic heterocycles. The summed E-state index contributed by atoms with van der Waals surface area (Å²) < 4.78 is 0. The van der Waals surface area contributed by atoms with Gasteiger partial charge in [-0.1, -0.05) is 46.6 Å². The zero-order valence-corrected chi connectivity index (χ0v) is 12.7. The Kier molecular flexibility index (Phi) is 10.1. The molecule has 0 fully saturated rings. The number of carbonyl (C=O) groups excluding carboxylic acids is 2. The van der Waals surface area contributed by atoms with Crippen molar-refractivity contribution >= 4 is 11.7 Å². The number of unbranched alkanes of at least 4 members (excludes halogenated alkanes) is 2. The van der Waals surface area contributed by atoms with Gasteiger partial charge in [0.2, 0.25) is 0 Å². The Morgan fingerprint density at radius 1 is 1.16 bits per heavy atom. The van der Waals surface area contributed by atoms with Crippen LogP contribution in [0.5, 0.6) is 0 Å². The van der Waals surface area contributed by atoms with Crippen LogP contribution < -0.4 is 0 Å². The number of allylic oxidation sites excluding steroid dienone is 2. The van der Waals surface area contributed by atoms with E-state index in [1.54, 1.807) is 0 Å². The van der Waals surface area contributed by atoms with E-state index in [1.807, 2.05) is 6.92 Å². The van der Waals surface area contributed by atoms with Gasteiger partial charge in [-0.05, 0) is 31.8 Å². The summed E-state index contributed by atoms with van der Waals surface area (Å²) in [6.07, 6.45) is 7.96. The Morgan fingerprint density at radius 3 is 2.21 bits per heavy atom. The molecule has 0 aliphatic carbocycles. The highest BCUT2D eigenvalue weighted by Crippen LogP contribution is 2.31. The molecule has 2 heteroatoms. The lowest BCUT2D eigenvalue weighted by Crippen LogP contribution is -2.24. The Labute approximate surface area is 118 Å². The van der Waals surface area contributed by atoms with Crippen LogP contribution >= 0.6 is 0 Å². The van der Waals surface area contributed by atoms with E-state index in [-0.39, 0.29) is 17.6 Å². The molecule has 0 aromatic rings. The lowest BCUT2D eigenvalue weighted by molar-refractivity contribution is -0.119. The summed E-state index contributed by atoms with van der Waals surface area (Å²) in [5.74, 6) is 2.13. The molecule has 0 aromatic carbocycles. The van der Waals surface area contributed by atoms with E-state index in [2.05, 4.69) is 26.4 Å². The zero-order chi connectivity index (χ0) is 14.7. The van der Waals surface area contributed by atoms with Crippen molar-refractivity contribution in [1.29, 1.82) is 0 Å². The van der Waals surface area contributed by atoms with E-state index in [0.717, 1.165) is 50.5 Å². The van der Waals surface area contributed by atoms with E-state index < -0.39 is 0 Å². The highest BCUT2D eigenvalue weighted by molar-refractivity contribution is 5.91. The van der Waals surface area contributed by atoms with E-state index in [1.165, 1.54) is 6.08 Å². The Morgan fingerprint density at radius 2 is 1.79 bits per heavy atom. The molecule has 0 N–H and O–H groups in total. The summed E-state index contributed by atoms with van der Waals surface area (Å²) >= 11 is 0. The predicted octanol–water partition coefficient (Wildman–Crippen LogP) is 4.52. The average molecular weight is 264 g/mol. The Bertz CT molecular complexity index is 324. The van der Waals surface area contributed by atoms with Crippen LogP contribution in [0.4, 0.5) is 0 Å². The second-order valence-electron chi connectivity index (χ2n) is 5.10. The molecule has 0 bridgehead atoms. The molecule has 0 rings (SSSR count). The minimum atomic E-state index is -0.0873. The van der Waals surface area contributed by atoms with Crippen LogP contribution in [0.2, 0.25) is 0 Å². The topological polar surface area (TPSA) is 34.1 Å². The maximum Gasteiger partial charge on any atom is 0.158 e. The summed E-state index contributed by atoms with van der Waals surface area (Å²) in [7, 11) is 0. The molecule has 0 saturated heterocycles. The molecule has 0 aliphatic rings. The van der Waals surface area contributed by atoms with E-state index in [4.69, 9.17) is 0 Å². The van der Waals surface area contributed by atoms with Gasteiger partial charge in [0.05, 0.1) is 0 Å². The normalized spacial score (nSPS) is 13.4. The summed E-state index contributed by atoms with van der Waals surface area (Å²) in [6.45, 7) is 9.86. The third kappa shape index (κ3) is 6.02. The van der Waals surface area contributed by atoms with Crippen LogP contribution in [-0.4, -0.2) is 11.7 Å². The van der Waals surface area contributed by atoms with Crippen LogP contribution in [0.1, 0.15) is 65.7 Å². The third-order valence-corrected chi connectivity index (χ3v) is 3.74. The molecule has 2 unspecified atom stereocenters. The first-order valence-corrected chi connectivity index (χ1v) is 7.56. The molecular weight excluding hydrogens is 236 g/mol. The lowest BCUT2D eigenvalue weighted by Gasteiger charge is -2.25.